The second kappa shape index (κ2) is 57.7. The molecule has 9 nitrogen and oxygen atoms in total. The van der Waals surface area contributed by atoms with Crippen LogP contribution < -0.4 is 5.73 Å². The highest BCUT2D eigenvalue weighted by Gasteiger charge is 2.26. The lowest BCUT2D eigenvalue weighted by molar-refractivity contribution is -0.161. The highest BCUT2D eigenvalue weighted by Crippen LogP contribution is 2.43. The number of carbonyl (C=O) groups is 2. The Balaban J connectivity index is 3.70. The van der Waals surface area contributed by atoms with Gasteiger partial charge in [-0.05, 0) is 77.0 Å². The predicted molar refractivity (Wildman–Crippen MR) is 307 cm³/mol. The van der Waals surface area contributed by atoms with Crippen molar-refractivity contribution in [2.24, 2.45) is 5.73 Å². The lowest BCUT2D eigenvalue weighted by Gasteiger charge is -2.19. The third kappa shape index (κ3) is 56.7. The number of nitrogens with two attached hydrogens (primary N) is 1. The van der Waals surface area contributed by atoms with Crippen molar-refractivity contribution >= 4 is 19.8 Å². The van der Waals surface area contributed by atoms with Crippen LogP contribution in [0.25, 0.3) is 0 Å². The van der Waals surface area contributed by atoms with Gasteiger partial charge >= 0.3 is 19.8 Å². The first-order valence-electron chi connectivity index (χ1n) is 29.9. The maximum Gasteiger partial charge on any atom is 0.472 e. The van der Waals surface area contributed by atoms with Gasteiger partial charge in [-0.1, -0.05) is 260 Å². The molecule has 0 rings (SSSR count). The summed E-state index contributed by atoms with van der Waals surface area (Å²) in [6.45, 7) is 3.57. The summed E-state index contributed by atoms with van der Waals surface area (Å²) in [5.41, 5.74) is 5.36. The van der Waals surface area contributed by atoms with Gasteiger partial charge in [-0.3, -0.25) is 18.6 Å². The van der Waals surface area contributed by atoms with Crippen molar-refractivity contribution in [1.82, 2.24) is 0 Å². The van der Waals surface area contributed by atoms with E-state index in [-0.39, 0.29) is 38.6 Å². The monoisotopic (exact) mass is 1030 g/mol. The second-order valence-corrected chi connectivity index (χ2v) is 21.3. The zero-order chi connectivity index (χ0) is 52.4. The molecule has 10 heteroatoms. The normalized spacial score (nSPS) is 13.6. The molecule has 0 saturated carbocycles. The molecule has 0 saturated heterocycles. The van der Waals surface area contributed by atoms with E-state index >= 15 is 0 Å². The molecule has 0 amide bonds. The topological polar surface area (TPSA) is 134 Å². The fraction of sp³-hybridized carbons (Fsp3) is 0.774. The van der Waals surface area contributed by atoms with Gasteiger partial charge in [0.2, 0.25) is 0 Å². The maximum atomic E-state index is 12.7. The summed E-state index contributed by atoms with van der Waals surface area (Å²) in [5, 5.41) is 0. The first-order valence-corrected chi connectivity index (χ1v) is 31.4. The Labute approximate surface area is 443 Å². The minimum atomic E-state index is -4.38. The molecule has 3 N–H and O–H groups in total. The highest BCUT2D eigenvalue weighted by atomic mass is 31.2. The van der Waals surface area contributed by atoms with E-state index in [2.05, 4.69) is 86.8 Å². The molecule has 418 valence electrons. The van der Waals surface area contributed by atoms with Crippen molar-refractivity contribution < 1.29 is 37.6 Å². The number of rotatable bonds is 56. The Morgan fingerprint density at radius 1 is 0.431 bits per heavy atom. The van der Waals surface area contributed by atoms with Crippen LogP contribution in [0.15, 0.2) is 72.9 Å². The molecule has 0 heterocycles. The number of allylic oxidation sites excluding steroid dienone is 12. The van der Waals surface area contributed by atoms with Crippen LogP contribution in [-0.2, 0) is 32.7 Å². The van der Waals surface area contributed by atoms with E-state index in [0.717, 1.165) is 89.9 Å². The van der Waals surface area contributed by atoms with Crippen LogP contribution in [0, 0.1) is 0 Å². The molecule has 0 radical (unpaired) electrons. The van der Waals surface area contributed by atoms with Crippen LogP contribution in [0.1, 0.15) is 277 Å². The number of carbonyl (C=O) groups excluding carboxylic acids is 2. The summed E-state index contributed by atoms with van der Waals surface area (Å²) in [7, 11) is -4.38. The number of hydrogen-bond donors (Lipinski definition) is 2. The summed E-state index contributed by atoms with van der Waals surface area (Å²) >= 11 is 0. The smallest absolute Gasteiger partial charge is 0.462 e. The fourth-order valence-corrected chi connectivity index (χ4v) is 9.20. The first kappa shape index (κ1) is 69.5. The number of unbranched alkanes of at least 4 members (excludes halogenated alkanes) is 31. The number of phosphoric ester groups is 1. The zero-order valence-electron chi connectivity index (χ0n) is 46.7. The largest absolute Gasteiger partial charge is 0.472 e. The van der Waals surface area contributed by atoms with Gasteiger partial charge in [0.1, 0.15) is 6.61 Å². The Morgan fingerprint density at radius 3 is 1.15 bits per heavy atom. The summed E-state index contributed by atoms with van der Waals surface area (Å²) in [5.74, 6) is -0.832. The summed E-state index contributed by atoms with van der Waals surface area (Å²) in [6, 6.07) is 0. The average Bonchev–Trinajstić information content (AvgIpc) is 3.37. The fourth-order valence-electron chi connectivity index (χ4n) is 8.43. The van der Waals surface area contributed by atoms with Crippen LogP contribution in [0.3, 0.4) is 0 Å². The van der Waals surface area contributed by atoms with Crippen molar-refractivity contribution in [2.75, 3.05) is 26.4 Å². The van der Waals surface area contributed by atoms with Crippen LogP contribution in [-0.4, -0.2) is 49.3 Å². The van der Waals surface area contributed by atoms with Crippen molar-refractivity contribution in [3.8, 4) is 0 Å². The van der Waals surface area contributed by atoms with E-state index in [1.54, 1.807) is 0 Å². The molecular weight excluding hydrogens is 918 g/mol. The van der Waals surface area contributed by atoms with Crippen molar-refractivity contribution in [3.63, 3.8) is 0 Å². The predicted octanol–water partition coefficient (Wildman–Crippen LogP) is 18.9. The van der Waals surface area contributed by atoms with E-state index in [9.17, 15) is 19.0 Å². The van der Waals surface area contributed by atoms with E-state index in [1.807, 2.05) is 0 Å². The minimum absolute atomic E-state index is 0.0526. The number of hydrogen-bond acceptors (Lipinski definition) is 8. The lowest BCUT2D eigenvalue weighted by atomic mass is 10.0. The number of esters is 2. The second-order valence-electron chi connectivity index (χ2n) is 19.8. The third-order valence-electron chi connectivity index (χ3n) is 12.8. The summed E-state index contributed by atoms with van der Waals surface area (Å²) < 4.78 is 32.9. The molecule has 2 unspecified atom stereocenters. The van der Waals surface area contributed by atoms with Crippen molar-refractivity contribution in [2.45, 2.75) is 283 Å². The van der Waals surface area contributed by atoms with Gasteiger partial charge in [0.15, 0.2) is 6.10 Å². The van der Waals surface area contributed by atoms with E-state index in [4.69, 9.17) is 24.3 Å². The lowest BCUT2D eigenvalue weighted by Crippen LogP contribution is -2.29. The molecule has 0 aromatic rings. The number of ether oxygens (including phenoxy) is 2. The van der Waals surface area contributed by atoms with Crippen LogP contribution in [0.2, 0.25) is 0 Å². The molecule has 0 aliphatic rings. The molecule has 0 spiro atoms. The molecule has 72 heavy (non-hydrogen) atoms. The molecule has 0 aliphatic carbocycles. The molecule has 0 bridgehead atoms. The molecule has 2 atom stereocenters. The molecule has 0 aromatic carbocycles. The van der Waals surface area contributed by atoms with Gasteiger partial charge < -0.3 is 20.1 Å². The van der Waals surface area contributed by atoms with Crippen molar-refractivity contribution in [1.29, 1.82) is 0 Å². The maximum absolute atomic E-state index is 12.7. The minimum Gasteiger partial charge on any atom is -0.462 e. The molecule has 0 aromatic heterocycles. The Morgan fingerprint density at radius 2 is 0.764 bits per heavy atom. The van der Waals surface area contributed by atoms with Gasteiger partial charge in [-0.15, -0.1) is 0 Å². The Kier molecular flexibility index (Phi) is 55.7. The summed E-state index contributed by atoms with van der Waals surface area (Å²) in [6.07, 6.45) is 74.4. The zero-order valence-corrected chi connectivity index (χ0v) is 47.5. The average molecular weight is 1030 g/mol. The van der Waals surface area contributed by atoms with E-state index < -0.39 is 26.5 Å². The van der Waals surface area contributed by atoms with Crippen LogP contribution in [0.4, 0.5) is 0 Å². The van der Waals surface area contributed by atoms with Crippen molar-refractivity contribution in [3.05, 3.63) is 72.9 Å². The SMILES string of the molecule is CC/C=C\C/C=C\C/C=C\C/C=C\C/C=C\CCCCCCCCCCCCCCCCCCCCCCCCCCCC(=O)OC(COC(=O)CCCCCCC/C=C\CCC)COP(=O)(O)OCCN. The van der Waals surface area contributed by atoms with E-state index in [1.165, 1.54) is 154 Å². The quantitative estimate of drug-likeness (QED) is 0.0264. The number of phosphoric acid groups is 1. The van der Waals surface area contributed by atoms with Gasteiger partial charge in [0.05, 0.1) is 13.2 Å². The first-order chi connectivity index (χ1) is 35.3. The van der Waals surface area contributed by atoms with Gasteiger partial charge in [-0.2, -0.15) is 0 Å². The third-order valence-corrected chi connectivity index (χ3v) is 13.8. The standard InChI is InChI=1S/C62H112NO8P/c1-3-5-7-9-11-13-15-16-17-18-19-20-21-22-23-24-25-26-27-28-29-30-31-32-33-34-35-36-37-38-39-40-41-42-43-44-45-47-49-51-53-55-62(65)71-60(59-70-72(66,67)69-57-56-63)58-68-61(64)54-52-50-48-46-14-12-10-8-6-4-2/h5,7-8,10-11,13,16-17,19-20,22-23,60H,3-4,6,9,12,14-15,18,21,24-59,63H2,1-2H3,(H,66,67)/b7-5-,10-8-,13-11-,17-16-,20-19-,23-22-. The summed E-state index contributed by atoms with van der Waals surface area (Å²) in [4.78, 5) is 35.0. The van der Waals surface area contributed by atoms with Gasteiger partial charge in [-0.25, -0.2) is 4.57 Å². The van der Waals surface area contributed by atoms with Gasteiger partial charge in [0, 0.05) is 19.4 Å². The Hall–Kier alpha value is -2.55. The Bertz CT molecular complexity index is 1410. The van der Waals surface area contributed by atoms with Gasteiger partial charge in [0.25, 0.3) is 0 Å². The molecule has 0 fully saturated rings. The van der Waals surface area contributed by atoms with Crippen LogP contribution >= 0.6 is 7.82 Å². The van der Waals surface area contributed by atoms with Crippen LogP contribution in [0.5, 0.6) is 0 Å². The molecule has 0 aliphatic heterocycles. The highest BCUT2D eigenvalue weighted by molar-refractivity contribution is 7.47. The van der Waals surface area contributed by atoms with E-state index in [0.29, 0.717) is 6.42 Å². The molecular formula is C62H112NO8P.